The second-order valence-corrected chi connectivity index (χ2v) is 8.23. The van der Waals surface area contributed by atoms with E-state index in [2.05, 4.69) is 19.2 Å². The van der Waals surface area contributed by atoms with Crippen LogP contribution >= 0.6 is 0 Å². The van der Waals surface area contributed by atoms with Gasteiger partial charge in [-0.1, -0.05) is 19.9 Å². The molecule has 0 radical (unpaired) electrons. The van der Waals surface area contributed by atoms with Gasteiger partial charge in [-0.05, 0) is 61.8 Å². The van der Waals surface area contributed by atoms with Crippen molar-refractivity contribution in [2.75, 3.05) is 13.7 Å². The van der Waals surface area contributed by atoms with Crippen molar-refractivity contribution in [1.29, 1.82) is 0 Å². The molecule has 0 aromatic heterocycles. The van der Waals surface area contributed by atoms with Crippen LogP contribution in [0.5, 0.6) is 5.75 Å². The molecule has 130 valence electrons. The van der Waals surface area contributed by atoms with Gasteiger partial charge in [0.2, 0.25) is 10.0 Å². The van der Waals surface area contributed by atoms with Crippen molar-refractivity contribution < 1.29 is 13.2 Å². The van der Waals surface area contributed by atoms with Gasteiger partial charge in [-0.2, -0.15) is 0 Å². The lowest BCUT2D eigenvalue weighted by Gasteiger charge is -2.32. The second kappa shape index (κ2) is 7.64. The molecule has 1 fully saturated rings. The maximum absolute atomic E-state index is 11.6. The lowest BCUT2D eigenvalue weighted by molar-refractivity contribution is 0.227. The van der Waals surface area contributed by atoms with E-state index in [9.17, 15) is 8.42 Å². The Hall–Kier alpha value is -1.11. The van der Waals surface area contributed by atoms with Crippen LogP contribution in [0.1, 0.15) is 38.7 Å². The van der Waals surface area contributed by atoms with E-state index in [1.165, 1.54) is 26.4 Å². The molecule has 0 amide bonds. The predicted molar refractivity (Wildman–Crippen MR) is 92.0 cm³/mol. The van der Waals surface area contributed by atoms with E-state index in [1.54, 1.807) is 12.1 Å². The van der Waals surface area contributed by atoms with E-state index in [0.717, 1.165) is 30.4 Å². The van der Waals surface area contributed by atoms with Gasteiger partial charge in [-0.3, -0.25) is 0 Å². The van der Waals surface area contributed by atoms with E-state index in [-0.39, 0.29) is 4.90 Å². The predicted octanol–water partition coefficient (Wildman–Crippen LogP) is 2.30. The Morgan fingerprint density at radius 2 is 2.00 bits per heavy atom. The monoisotopic (exact) mass is 340 g/mol. The molecule has 0 saturated heterocycles. The standard InChI is InChI=1S/C17H28N2O3S/c1-12-4-6-15(10-13(12)2)19-9-8-14-5-7-16(22-3)17(11-14)23(18,20)21/h5,7,11-13,15,19H,4,6,8-10H2,1-3H3,(H2,18,20,21)/t12-,13+,15+/m0/s1. The maximum Gasteiger partial charge on any atom is 0.241 e. The third kappa shape index (κ3) is 4.93. The van der Waals surface area contributed by atoms with Crippen molar-refractivity contribution in [2.45, 2.75) is 50.5 Å². The number of benzene rings is 1. The number of ether oxygens (including phenoxy) is 1. The minimum absolute atomic E-state index is 0.0533. The van der Waals surface area contributed by atoms with Gasteiger partial charge in [0, 0.05) is 6.04 Å². The molecule has 1 aromatic rings. The Morgan fingerprint density at radius 3 is 2.61 bits per heavy atom. The molecule has 0 bridgehead atoms. The molecule has 0 unspecified atom stereocenters. The van der Waals surface area contributed by atoms with Gasteiger partial charge in [0.15, 0.2) is 0 Å². The SMILES string of the molecule is COc1ccc(CCN[C@@H]2CC[C@H](C)[C@H](C)C2)cc1S(N)(=O)=O. The molecule has 2 rings (SSSR count). The zero-order valence-electron chi connectivity index (χ0n) is 14.2. The van der Waals surface area contributed by atoms with Crippen LogP contribution in [0, 0.1) is 11.8 Å². The highest BCUT2D eigenvalue weighted by atomic mass is 32.2. The Morgan fingerprint density at radius 1 is 1.26 bits per heavy atom. The third-order valence-electron chi connectivity index (χ3n) is 4.98. The summed E-state index contributed by atoms with van der Waals surface area (Å²) >= 11 is 0. The molecule has 23 heavy (non-hydrogen) atoms. The van der Waals surface area contributed by atoms with E-state index in [4.69, 9.17) is 9.88 Å². The zero-order chi connectivity index (χ0) is 17.0. The summed E-state index contributed by atoms with van der Waals surface area (Å²) in [4.78, 5) is 0.0533. The fourth-order valence-corrected chi connectivity index (χ4v) is 4.00. The molecule has 3 atom stereocenters. The molecule has 0 aliphatic heterocycles. The molecule has 1 aromatic carbocycles. The van der Waals surface area contributed by atoms with Crippen molar-refractivity contribution in [3.63, 3.8) is 0 Å². The van der Waals surface area contributed by atoms with Crippen LogP contribution in [0.25, 0.3) is 0 Å². The van der Waals surface area contributed by atoms with Crippen LogP contribution in [0.3, 0.4) is 0 Å². The van der Waals surface area contributed by atoms with Crippen LogP contribution in [0.2, 0.25) is 0 Å². The normalized spacial score (nSPS) is 25.3. The minimum Gasteiger partial charge on any atom is -0.495 e. The fraction of sp³-hybridized carbons (Fsp3) is 0.647. The summed E-state index contributed by atoms with van der Waals surface area (Å²) in [6, 6.07) is 5.74. The number of nitrogens with one attached hydrogen (secondary N) is 1. The smallest absolute Gasteiger partial charge is 0.241 e. The first-order valence-electron chi connectivity index (χ1n) is 8.24. The summed E-state index contributed by atoms with van der Waals surface area (Å²) in [5, 5.41) is 8.85. The van der Waals surface area contributed by atoms with Crippen molar-refractivity contribution in [1.82, 2.24) is 5.32 Å². The molecule has 6 heteroatoms. The Bertz CT molecular complexity index is 631. The first-order valence-corrected chi connectivity index (χ1v) is 9.79. The quantitative estimate of drug-likeness (QED) is 0.832. The van der Waals surface area contributed by atoms with E-state index < -0.39 is 10.0 Å². The molecular formula is C17H28N2O3S. The van der Waals surface area contributed by atoms with Gasteiger partial charge in [0.1, 0.15) is 10.6 Å². The summed E-state index contributed by atoms with van der Waals surface area (Å²) in [6.07, 6.45) is 4.48. The topological polar surface area (TPSA) is 81.4 Å². The van der Waals surface area contributed by atoms with Gasteiger partial charge in [-0.15, -0.1) is 0 Å². The molecule has 3 N–H and O–H groups in total. The number of nitrogens with two attached hydrogens (primary N) is 1. The molecule has 5 nitrogen and oxygen atoms in total. The van der Waals surface area contributed by atoms with Crippen LogP contribution in [0.4, 0.5) is 0 Å². The van der Waals surface area contributed by atoms with E-state index >= 15 is 0 Å². The lowest BCUT2D eigenvalue weighted by atomic mass is 9.79. The fourth-order valence-electron chi connectivity index (χ4n) is 3.25. The average Bonchev–Trinajstić information content (AvgIpc) is 2.50. The van der Waals surface area contributed by atoms with E-state index in [0.29, 0.717) is 11.8 Å². The van der Waals surface area contributed by atoms with Crippen molar-refractivity contribution >= 4 is 10.0 Å². The molecule has 0 heterocycles. The maximum atomic E-state index is 11.6. The molecule has 1 aliphatic carbocycles. The van der Waals surface area contributed by atoms with Crippen molar-refractivity contribution in [3.8, 4) is 5.75 Å². The third-order valence-corrected chi connectivity index (χ3v) is 5.91. The van der Waals surface area contributed by atoms with Crippen molar-refractivity contribution in [3.05, 3.63) is 23.8 Å². The highest BCUT2D eigenvalue weighted by molar-refractivity contribution is 7.89. The molecule has 0 spiro atoms. The highest BCUT2D eigenvalue weighted by Crippen LogP contribution is 2.29. The molecular weight excluding hydrogens is 312 g/mol. The van der Waals surface area contributed by atoms with Gasteiger partial charge >= 0.3 is 0 Å². The number of hydrogen-bond donors (Lipinski definition) is 2. The van der Waals surface area contributed by atoms with Gasteiger partial charge in [0.25, 0.3) is 0 Å². The number of sulfonamides is 1. The van der Waals surface area contributed by atoms with Crippen LogP contribution < -0.4 is 15.2 Å². The first-order chi connectivity index (χ1) is 10.8. The number of methoxy groups -OCH3 is 1. The number of rotatable bonds is 6. The first kappa shape index (κ1) is 18.2. The van der Waals surface area contributed by atoms with Crippen LogP contribution in [-0.4, -0.2) is 28.1 Å². The minimum atomic E-state index is -3.77. The Balaban J connectivity index is 1.94. The lowest BCUT2D eigenvalue weighted by Crippen LogP contribution is -2.37. The van der Waals surface area contributed by atoms with Gasteiger partial charge < -0.3 is 10.1 Å². The molecule has 1 saturated carbocycles. The van der Waals surface area contributed by atoms with Crippen molar-refractivity contribution in [2.24, 2.45) is 17.0 Å². The van der Waals surface area contributed by atoms with Crippen LogP contribution in [0.15, 0.2) is 23.1 Å². The Kier molecular flexibility index (Phi) is 6.06. The van der Waals surface area contributed by atoms with Gasteiger partial charge in [-0.25, -0.2) is 13.6 Å². The highest BCUT2D eigenvalue weighted by Gasteiger charge is 2.24. The van der Waals surface area contributed by atoms with Crippen LogP contribution in [-0.2, 0) is 16.4 Å². The van der Waals surface area contributed by atoms with E-state index in [1.807, 2.05) is 6.07 Å². The average molecular weight is 340 g/mol. The second-order valence-electron chi connectivity index (χ2n) is 6.70. The summed E-state index contributed by atoms with van der Waals surface area (Å²) in [7, 11) is -2.33. The van der Waals surface area contributed by atoms with Gasteiger partial charge in [0.05, 0.1) is 7.11 Å². The molecule has 1 aliphatic rings. The number of hydrogen-bond acceptors (Lipinski definition) is 4. The summed E-state index contributed by atoms with van der Waals surface area (Å²) in [6.45, 7) is 5.48. The zero-order valence-corrected chi connectivity index (χ0v) is 15.0. The number of primary sulfonamides is 1. The largest absolute Gasteiger partial charge is 0.495 e. The summed E-state index contributed by atoms with van der Waals surface area (Å²) in [5.74, 6) is 1.86. The Labute approximate surface area is 139 Å². The summed E-state index contributed by atoms with van der Waals surface area (Å²) in [5.41, 5.74) is 0.944. The summed E-state index contributed by atoms with van der Waals surface area (Å²) < 4.78 is 28.3.